The fourth-order valence-electron chi connectivity index (χ4n) is 2.59. The van der Waals surface area contributed by atoms with Gasteiger partial charge in [0, 0.05) is 26.1 Å². The topological polar surface area (TPSA) is 52.8 Å². The molecule has 1 aromatic rings. The summed E-state index contributed by atoms with van der Waals surface area (Å²) >= 11 is 0. The van der Waals surface area contributed by atoms with Gasteiger partial charge >= 0.3 is 0 Å². The molecule has 0 amide bonds. The van der Waals surface area contributed by atoms with Crippen molar-refractivity contribution in [3.63, 3.8) is 0 Å². The third kappa shape index (κ3) is 6.35. The third-order valence-electron chi connectivity index (χ3n) is 3.79. The molecule has 122 valence electrons. The molecule has 1 aliphatic heterocycles. The Bertz CT molecular complexity index is 436. The van der Waals surface area contributed by atoms with E-state index in [1.165, 1.54) is 32.4 Å². The molecule has 1 fully saturated rings. The molecule has 0 saturated carbocycles. The Hall–Kier alpha value is -1.75. The van der Waals surface area contributed by atoms with E-state index in [4.69, 9.17) is 4.42 Å². The summed E-state index contributed by atoms with van der Waals surface area (Å²) in [7, 11) is 0. The number of piperidine rings is 1. The molecule has 0 aliphatic carbocycles. The first-order valence-electron chi connectivity index (χ1n) is 8.26. The van der Waals surface area contributed by atoms with E-state index in [0.29, 0.717) is 0 Å². The Labute approximate surface area is 133 Å². The van der Waals surface area contributed by atoms with Crippen LogP contribution in [0.5, 0.6) is 0 Å². The van der Waals surface area contributed by atoms with Crippen molar-refractivity contribution in [1.82, 2.24) is 15.5 Å². The SMILES string of the molecule is C=CCNC(=NCCN1CCCCC1)NCCc1ccco1. The maximum absolute atomic E-state index is 5.33. The van der Waals surface area contributed by atoms with Crippen LogP contribution in [-0.4, -0.2) is 50.1 Å². The molecular formula is C17H28N4O. The van der Waals surface area contributed by atoms with Crippen LogP contribution >= 0.6 is 0 Å². The van der Waals surface area contributed by atoms with Crippen molar-refractivity contribution >= 4 is 5.96 Å². The molecule has 5 heteroatoms. The maximum atomic E-state index is 5.33. The lowest BCUT2D eigenvalue weighted by molar-refractivity contribution is 0.235. The molecule has 1 saturated heterocycles. The van der Waals surface area contributed by atoms with Crippen LogP contribution in [0.1, 0.15) is 25.0 Å². The number of hydrogen-bond donors (Lipinski definition) is 2. The zero-order chi connectivity index (χ0) is 15.5. The molecule has 0 bridgehead atoms. The second kappa shape index (κ2) is 10.1. The molecule has 1 aromatic heterocycles. The maximum Gasteiger partial charge on any atom is 0.191 e. The number of guanidine groups is 1. The number of furan rings is 1. The van der Waals surface area contributed by atoms with Crippen LogP contribution in [-0.2, 0) is 6.42 Å². The van der Waals surface area contributed by atoms with E-state index < -0.39 is 0 Å². The highest BCUT2D eigenvalue weighted by molar-refractivity contribution is 5.79. The van der Waals surface area contributed by atoms with Gasteiger partial charge in [0.2, 0.25) is 0 Å². The molecule has 2 rings (SSSR count). The number of likely N-dealkylation sites (tertiary alicyclic amines) is 1. The van der Waals surface area contributed by atoms with Gasteiger partial charge in [-0.15, -0.1) is 6.58 Å². The van der Waals surface area contributed by atoms with Crippen molar-refractivity contribution in [2.24, 2.45) is 4.99 Å². The smallest absolute Gasteiger partial charge is 0.191 e. The summed E-state index contributed by atoms with van der Waals surface area (Å²) in [6.45, 7) is 9.57. The van der Waals surface area contributed by atoms with Crippen LogP contribution in [0.4, 0.5) is 0 Å². The van der Waals surface area contributed by atoms with Crippen molar-refractivity contribution in [2.75, 3.05) is 39.3 Å². The van der Waals surface area contributed by atoms with Crippen LogP contribution in [0, 0.1) is 0 Å². The Morgan fingerprint density at radius 1 is 1.32 bits per heavy atom. The summed E-state index contributed by atoms with van der Waals surface area (Å²) in [5.41, 5.74) is 0. The summed E-state index contributed by atoms with van der Waals surface area (Å²) < 4.78 is 5.33. The number of nitrogens with zero attached hydrogens (tertiary/aromatic N) is 2. The van der Waals surface area contributed by atoms with Crippen LogP contribution in [0.15, 0.2) is 40.5 Å². The second-order valence-corrected chi connectivity index (χ2v) is 5.56. The monoisotopic (exact) mass is 304 g/mol. The Morgan fingerprint density at radius 3 is 2.91 bits per heavy atom. The largest absolute Gasteiger partial charge is 0.469 e. The van der Waals surface area contributed by atoms with Crippen molar-refractivity contribution in [3.8, 4) is 0 Å². The fraction of sp³-hybridized carbons (Fsp3) is 0.588. The van der Waals surface area contributed by atoms with Gasteiger partial charge in [-0.25, -0.2) is 0 Å². The van der Waals surface area contributed by atoms with E-state index >= 15 is 0 Å². The van der Waals surface area contributed by atoms with E-state index in [1.807, 2.05) is 18.2 Å². The van der Waals surface area contributed by atoms with Crippen LogP contribution in [0.25, 0.3) is 0 Å². The predicted molar refractivity (Wildman–Crippen MR) is 91.2 cm³/mol. The van der Waals surface area contributed by atoms with Crippen molar-refractivity contribution < 1.29 is 4.42 Å². The minimum absolute atomic E-state index is 0.719. The molecular weight excluding hydrogens is 276 g/mol. The number of aliphatic imine (C=N–C) groups is 1. The lowest BCUT2D eigenvalue weighted by atomic mass is 10.1. The first kappa shape index (κ1) is 16.6. The van der Waals surface area contributed by atoms with Crippen molar-refractivity contribution in [1.29, 1.82) is 0 Å². The zero-order valence-corrected chi connectivity index (χ0v) is 13.4. The Kier molecular flexibility index (Phi) is 7.60. The average Bonchev–Trinajstić information content (AvgIpc) is 3.06. The molecule has 5 nitrogen and oxygen atoms in total. The molecule has 0 unspecified atom stereocenters. The van der Waals surface area contributed by atoms with E-state index in [-0.39, 0.29) is 0 Å². The summed E-state index contributed by atoms with van der Waals surface area (Å²) in [5.74, 6) is 1.84. The van der Waals surface area contributed by atoms with Gasteiger partial charge in [-0.2, -0.15) is 0 Å². The lowest BCUT2D eigenvalue weighted by Gasteiger charge is -2.25. The van der Waals surface area contributed by atoms with E-state index in [9.17, 15) is 0 Å². The van der Waals surface area contributed by atoms with Gasteiger partial charge in [0.1, 0.15) is 5.76 Å². The first-order chi connectivity index (χ1) is 10.9. The Morgan fingerprint density at radius 2 is 2.18 bits per heavy atom. The van der Waals surface area contributed by atoms with Gasteiger partial charge in [-0.3, -0.25) is 4.99 Å². The lowest BCUT2D eigenvalue weighted by Crippen LogP contribution is -2.39. The summed E-state index contributed by atoms with van der Waals surface area (Å²) in [5, 5.41) is 6.60. The summed E-state index contributed by atoms with van der Waals surface area (Å²) in [6.07, 6.45) is 8.43. The molecule has 1 aliphatic rings. The van der Waals surface area contributed by atoms with Crippen LogP contribution in [0.2, 0.25) is 0 Å². The zero-order valence-electron chi connectivity index (χ0n) is 13.4. The van der Waals surface area contributed by atoms with Gasteiger partial charge in [-0.1, -0.05) is 12.5 Å². The number of rotatable bonds is 8. The summed E-state index contributed by atoms with van der Waals surface area (Å²) in [6, 6.07) is 3.91. The molecule has 0 spiro atoms. The number of hydrogen-bond acceptors (Lipinski definition) is 3. The minimum Gasteiger partial charge on any atom is -0.469 e. The standard InChI is InChI=1S/C17H28N4O/c1-2-9-18-17(19-10-8-16-7-6-15-22-16)20-11-14-21-12-4-3-5-13-21/h2,6-7,15H,1,3-5,8-14H2,(H2,18,19,20). The van der Waals surface area contributed by atoms with Gasteiger partial charge in [0.05, 0.1) is 12.8 Å². The molecule has 0 radical (unpaired) electrons. The fourth-order valence-corrected chi connectivity index (χ4v) is 2.59. The average molecular weight is 304 g/mol. The molecule has 0 atom stereocenters. The second-order valence-electron chi connectivity index (χ2n) is 5.56. The van der Waals surface area contributed by atoms with Gasteiger partial charge in [0.25, 0.3) is 0 Å². The molecule has 2 N–H and O–H groups in total. The van der Waals surface area contributed by atoms with Crippen LogP contribution < -0.4 is 10.6 Å². The predicted octanol–water partition coefficient (Wildman–Crippen LogP) is 2.03. The molecule has 22 heavy (non-hydrogen) atoms. The molecule has 2 heterocycles. The highest BCUT2D eigenvalue weighted by atomic mass is 16.3. The third-order valence-corrected chi connectivity index (χ3v) is 3.79. The van der Waals surface area contributed by atoms with Crippen molar-refractivity contribution in [3.05, 3.63) is 36.8 Å². The highest BCUT2D eigenvalue weighted by Gasteiger charge is 2.08. The van der Waals surface area contributed by atoms with Crippen molar-refractivity contribution in [2.45, 2.75) is 25.7 Å². The van der Waals surface area contributed by atoms with E-state index in [0.717, 1.165) is 44.3 Å². The minimum atomic E-state index is 0.719. The van der Waals surface area contributed by atoms with Gasteiger partial charge in [0.15, 0.2) is 5.96 Å². The Balaban J connectivity index is 1.71. The number of nitrogens with one attached hydrogen (secondary N) is 2. The highest BCUT2D eigenvalue weighted by Crippen LogP contribution is 2.07. The van der Waals surface area contributed by atoms with E-state index in [1.54, 1.807) is 6.26 Å². The van der Waals surface area contributed by atoms with E-state index in [2.05, 4.69) is 27.1 Å². The summed E-state index contributed by atoms with van der Waals surface area (Å²) in [4.78, 5) is 7.15. The van der Waals surface area contributed by atoms with Gasteiger partial charge < -0.3 is 20.0 Å². The van der Waals surface area contributed by atoms with Crippen LogP contribution in [0.3, 0.4) is 0 Å². The quantitative estimate of drug-likeness (QED) is 0.438. The first-order valence-corrected chi connectivity index (χ1v) is 8.26. The normalized spacial score (nSPS) is 16.5. The van der Waals surface area contributed by atoms with Gasteiger partial charge in [-0.05, 0) is 38.1 Å². The molecule has 0 aromatic carbocycles.